The number of hydrogen-bond donors (Lipinski definition) is 1. The number of sulfonamides is 1. The molecule has 1 atom stereocenters. The van der Waals surface area contributed by atoms with Gasteiger partial charge in [0.1, 0.15) is 0 Å². The van der Waals surface area contributed by atoms with Gasteiger partial charge in [0.2, 0.25) is 10.0 Å². The molecule has 0 spiro atoms. The first-order valence-electron chi connectivity index (χ1n) is 7.45. The summed E-state index contributed by atoms with van der Waals surface area (Å²) in [5, 5.41) is 2.97. The molecule has 2 heterocycles. The summed E-state index contributed by atoms with van der Waals surface area (Å²) < 4.78 is 32.7. The smallest absolute Gasteiger partial charge is 0.219 e. The van der Waals surface area contributed by atoms with Gasteiger partial charge in [-0.1, -0.05) is 6.92 Å². The lowest BCUT2D eigenvalue weighted by molar-refractivity contribution is 0.0964. The van der Waals surface area contributed by atoms with Gasteiger partial charge in [0.15, 0.2) is 0 Å². The van der Waals surface area contributed by atoms with Gasteiger partial charge in [-0.2, -0.15) is 4.31 Å². The van der Waals surface area contributed by atoms with Gasteiger partial charge in [-0.05, 0) is 45.2 Å². The topological polar surface area (TPSA) is 58.6 Å². The van der Waals surface area contributed by atoms with Crippen molar-refractivity contribution in [2.75, 3.05) is 32.8 Å². The molecule has 0 aromatic carbocycles. The van der Waals surface area contributed by atoms with Crippen LogP contribution in [0.5, 0.6) is 0 Å². The van der Waals surface area contributed by atoms with Gasteiger partial charge < -0.3 is 10.1 Å². The summed E-state index contributed by atoms with van der Waals surface area (Å²) in [6.07, 6.45) is 4.32. The van der Waals surface area contributed by atoms with Crippen LogP contribution in [0.15, 0.2) is 0 Å². The second-order valence-corrected chi connectivity index (χ2v) is 7.64. The van der Waals surface area contributed by atoms with Crippen LogP contribution < -0.4 is 5.32 Å². The Kier molecular flexibility index (Phi) is 5.62. The molecule has 0 saturated carbocycles. The normalized spacial score (nSPS) is 26.7. The third kappa shape index (κ3) is 3.68. The summed E-state index contributed by atoms with van der Waals surface area (Å²) in [6.45, 7) is 5.59. The Morgan fingerprint density at radius 3 is 2.58 bits per heavy atom. The summed E-state index contributed by atoms with van der Waals surface area (Å²) >= 11 is 0. The van der Waals surface area contributed by atoms with E-state index < -0.39 is 10.0 Å². The van der Waals surface area contributed by atoms with E-state index in [9.17, 15) is 8.42 Å². The highest BCUT2D eigenvalue weighted by atomic mass is 32.2. The molecule has 112 valence electrons. The molecular weight excluding hydrogens is 264 g/mol. The second kappa shape index (κ2) is 7.02. The van der Waals surface area contributed by atoms with Gasteiger partial charge >= 0.3 is 0 Å². The summed E-state index contributed by atoms with van der Waals surface area (Å²) in [5.41, 5.74) is 0. The van der Waals surface area contributed by atoms with Gasteiger partial charge in [0.25, 0.3) is 0 Å². The van der Waals surface area contributed by atoms with Crippen molar-refractivity contribution in [2.24, 2.45) is 0 Å². The molecule has 2 aliphatic rings. The first kappa shape index (κ1) is 15.2. The molecule has 0 bridgehead atoms. The van der Waals surface area contributed by atoms with Crippen LogP contribution in [0.1, 0.15) is 39.0 Å². The SMILES string of the molecule is CCCN(C1CCNCC1)S(=O)(=O)C1CCCOC1. The maximum atomic E-state index is 12.8. The van der Waals surface area contributed by atoms with Crippen LogP contribution in [0.25, 0.3) is 0 Å². The Balaban J connectivity index is 2.11. The van der Waals surface area contributed by atoms with Gasteiger partial charge in [0.05, 0.1) is 11.9 Å². The number of nitrogens with zero attached hydrogens (tertiary/aromatic N) is 1. The summed E-state index contributed by atoms with van der Waals surface area (Å²) in [5.74, 6) is 0. The molecule has 5 nitrogen and oxygen atoms in total. The third-order valence-corrected chi connectivity index (χ3v) is 6.38. The molecule has 0 amide bonds. The second-order valence-electron chi connectivity index (χ2n) is 5.48. The highest BCUT2D eigenvalue weighted by Crippen LogP contribution is 2.24. The van der Waals surface area contributed by atoms with Crippen LogP contribution in [0.2, 0.25) is 0 Å². The van der Waals surface area contributed by atoms with Gasteiger partial charge in [-0.3, -0.25) is 0 Å². The number of rotatable bonds is 5. The van der Waals surface area contributed by atoms with Crippen molar-refractivity contribution in [3.8, 4) is 0 Å². The van der Waals surface area contributed by atoms with Crippen molar-refractivity contribution in [1.29, 1.82) is 0 Å². The standard InChI is InChI=1S/C13H26N2O3S/c1-2-9-15(12-5-7-14-8-6-12)19(16,17)13-4-3-10-18-11-13/h12-14H,2-11H2,1H3. The van der Waals surface area contributed by atoms with Crippen LogP contribution >= 0.6 is 0 Å². The van der Waals surface area contributed by atoms with Gasteiger partial charge in [-0.15, -0.1) is 0 Å². The highest BCUT2D eigenvalue weighted by Gasteiger charge is 2.37. The summed E-state index contributed by atoms with van der Waals surface area (Å²) in [6, 6.07) is 0.174. The Labute approximate surface area is 116 Å². The maximum absolute atomic E-state index is 12.8. The third-order valence-electron chi connectivity index (χ3n) is 4.03. The first-order valence-corrected chi connectivity index (χ1v) is 8.95. The van der Waals surface area contributed by atoms with Crippen LogP contribution in [0.4, 0.5) is 0 Å². The Bertz CT molecular complexity index is 360. The Morgan fingerprint density at radius 1 is 1.26 bits per heavy atom. The molecule has 2 fully saturated rings. The Hall–Kier alpha value is -0.170. The van der Waals surface area contributed by atoms with Crippen LogP contribution in [-0.4, -0.2) is 56.9 Å². The monoisotopic (exact) mass is 290 g/mol. The van der Waals surface area contributed by atoms with Crippen molar-refractivity contribution in [3.05, 3.63) is 0 Å². The van der Waals surface area contributed by atoms with E-state index in [4.69, 9.17) is 4.74 Å². The van der Waals surface area contributed by atoms with Crippen molar-refractivity contribution >= 4 is 10.0 Å². The molecule has 19 heavy (non-hydrogen) atoms. The van der Waals surface area contributed by atoms with Crippen molar-refractivity contribution in [1.82, 2.24) is 9.62 Å². The molecule has 1 N–H and O–H groups in total. The highest BCUT2D eigenvalue weighted by molar-refractivity contribution is 7.89. The van der Waals surface area contributed by atoms with Crippen molar-refractivity contribution in [3.63, 3.8) is 0 Å². The summed E-state index contributed by atoms with van der Waals surface area (Å²) in [7, 11) is -3.21. The fraction of sp³-hybridized carbons (Fsp3) is 1.00. The van der Waals surface area contributed by atoms with Crippen molar-refractivity contribution < 1.29 is 13.2 Å². The molecule has 6 heteroatoms. The van der Waals surface area contributed by atoms with E-state index in [1.807, 2.05) is 6.92 Å². The average Bonchev–Trinajstić information content (AvgIpc) is 2.46. The number of piperidine rings is 1. The average molecular weight is 290 g/mol. The predicted octanol–water partition coefficient (Wildman–Crippen LogP) is 0.959. The van der Waals surface area contributed by atoms with E-state index >= 15 is 0 Å². The fourth-order valence-electron chi connectivity index (χ4n) is 2.97. The molecule has 1 unspecified atom stereocenters. The lowest BCUT2D eigenvalue weighted by atomic mass is 10.1. The van der Waals surface area contributed by atoms with Crippen LogP contribution in [0.3, 0.4) is 0 Å². The molecule has 0 aromatic rings. The molecule has 0 aliphatic carbocycles. The van der Waals surface area contributed by atoms with E-state index in [2.05, 4.69) is 5.32 Å². The van der Waals surface area contributed by atoms with E-state index in [-0.39, 0.29) is 11.3 Å². The first-order chi connectivity index (χ1) is 9.16. The van der Waals surface area contributed by atoms with E-state index in [0.29, 0.717) is 19.8 Å². The lowest BCUT2D eigenvalue weighted by Gasteiger charge is -2.36. The minimum absolute atomic E-state index is 0.174. The summed E-state index contributed by atoms with van der Waals surface area (Å²) in [4.78, 5) is 0. The number of nitrogens with one attached hydrogen (secondary N) is 1. The predicted molar refractivity (Wildman–Crippen MR) is 75.6 cm³/mol. The maximum Gasteiger partial charge on any atom is 0.219 e. The van der Waals surface area contributed by atoms with E-state index in [1.165, 1.54) is 0 Å². The van der Waals surface area contributed by atoms with Crippen LogP contribution in [-0.2, 0) is 14.8 Å². The number of hydrogen-bond acceptors (Lipinski definition) is 4. The quantitative estimate of drug-likeness (QED) is 0.819. The molecule has 0 radical (unpaired) electrons. The van der Waals surface area contributed by atoms with Crippen molar-refractivity contribution in [2.45, 2.75) is 50.3 Å². The minimum Gasteiger partial charge on any atom is -0.380 e. The molecular formula is C13H26N2O3S. The largest absolute Gasteiger partial charge is 0.380 e. The number of ether oxygens (including phenoxy) is 1. The van der Waals surface area contributed by atoms with Gasteiger partial charge in [0, 0.05) is 19.2 Å². The minimum atomic E-state index is -3.21. The molecule has 2 aliphatic heterocycles. The van der Waals surface area contributed by atoms with Gasteiger partial charge in [-0.25, -0.2) is 8.42 Å². The van der Waals surface area contributed by atoms with E-state index in [1.54, 1.807) is 4.31 Å². The molecule has 2 rings (SSSR count). The Morgan fingerprint density at radius 2 is 2.00 bits per heavy atom. The molecule has 2 saturated heterocycles. The lowest BCUT2D eigenvalue weighted by Crippen LogP contribution is -2.50. The zero-order valence-electron chi connectivity index (χ0n) is 11.8. The molecule has 0 aromatic heterocycles. The fourth-order valence-corrected chi connectivity index (χ4v) is 5.15. The van der Waals surface area contributed by atoms with Crippen LogP contribution in [0, 0.1) is 0 Å². The zero-order valence-corrected chi connectivity index (χ0v) is 12.6. The zero-order chi connectivity index (χ0) is 13.7. The van der Waals surface area contributed by atoms with E-state index in [0.717, 1.165) is 45.2 Å².